The van der Waals surface area contributed by atoms with Gasteiger partial charge in [-0.05, 0) is 32.6 Å². The van der Waals surface area contributed by atoms with Crippen LogP contribution in [0.4, 0.5) is 4.79 Å². The molecular formula is C13H20N2O3. The lowest BCUT2D eigenvalue weighted by Crippen LogP contribution is -2.49. The molecule has 0 spiro atoms. The van der Waals surface area contributed by atoms with E-state index in [4.69, 9.17) is 11.5 Å². The number of carboxylic acid groups (broad SMARTS) is 1. The lowest BCUT2D eigenvalue weighted by molar-refractivity contribution is -0.137. The van der Waals surface area contributed by atoms with Gasteiger partial charge >= 0.3 is 12.0 Å². The Balaban J connectivity index is 2.69. The molecule has 1 saturated carbocycles. The zero-order valence-electron chi connectivity index (χ0n) is 10.9. The zero-order chi connectivity index (χ0) is 13.7. The maximum Gasteiger partial charge on any atom is 0.323 e. The summed E-state index contributed by atoms with van der Waals surface area (Å²) in [5.74, 6) is 1.85. The Morgan fingerprint density at radius 2 is 2.06 bits per heavy atom. The van der Waals surface area contributed by atoms with Crippen LogP contribution in [0, 0.1) is 18.3 Å². The lowest BCUT2D eigenvalue weighted by atomic mass is 10.3. The summed E-state index contributed by atoms with van der Waals surface area (Å²) in [6.07, 6.45) is 7.46. The van der Waals surface area contributed by atoms with Crippen molar-refractivity contribution in [3.63, 3.8) is 0 Å². The molecule has 0 unspecified atom stereocenters. The van der Waals surface area contributed by atoms with Crippen LogP contribution in [-0.2, 0) is 4.79 Å². The van der Waals surface area contributed by atoms with Gasteiger partial charge in [0.15, 0.2) is 0 Å². The van der Waals surface area contributed by atoms with Gasteiger partial charge in [0.05, 0.1) is 6.54 Å². The molecule has 1 aliphatic rings. The van der Waals surface area contributed by atoms with Crippen molar-refractivity contribution < 1.29 is 14.7 Å². The fourth-order valence-corrected chi connectivity index (χ4v) is 1.73. The van der Waals surface area contributed by atoms with Gasteiger partial charge < -0.3 is 14.9 Å². The molecule has 0 bridgehead atoms. The zero-order valence-corrected chi connectivity index (χ0v) is 10.9. The standard InChI is InChI=1S/C13H20N2O3/c1-4-7-14(9-12(16)17)13(18)15(10(2)3)8-11-5-6-11/h1,10-11H,5-9H2,2-3H3,(H,16,17). The summed E-state index contributed by atoms with van der Waals surface area (Å²) in [5, 5.41) is 8.79. The average molecular weight is 252 g/mol. The number of aliphatic carboxylic acids is 1. The van der Waals surface area contributed by atoms with Crippen molar-refractivity contribution in [2.75, 3.05) is 19.6 Å². The Morgan fingerprint density at radius 1 is 1.44 bits per heavy atom. The van der Waals surface area contributed by atoms with Crippen LogP contribution in [0.5, 0.6) is 0 Å². The van der Waals surface area contributed by atoms with Crippen LogP contribution in [0.3, 0.4) is 0 Å². The van der Waals surface area contributed by atoms with E-state index in [-0.39, 0.29) is 25.2 Å². The molecule has 5 nitrogen and oxygen atoms in total. The summed E-state index contributed by atoms with van der Waals surface area (Å²) in [6.45, 7) is 4.22. The number of rotatable bonds is 6. The second kappa shape index (κ2) is 6.29. The molecule has 1 fully saturated rings. The number of nitrogens with zero attached hydrogens (tertiary/aromatic N) is 2. The minimum atomic E-state index is -1.05. The number of terminal acetylenes is 1. The first-order chi connectivity index (χ1) is 8.45. The summed E-state index contributed by atoms with van der Waals surface area (Å²) in [5.41, 5.74) is 0. The minimum absolute atomic E-state index is 0.0268. The largest absolute Gasteiger partial charge is 0.480 e. The van der Waals surface area contributed by atoms with E-state index < -0.39 is 5.97 Å². The molecule has 0 radical (unpaired) electrons. The van der Waals surface area contributed by atoms with Crippen LogP contribution in [-0.4, -0.2) is 52.6 Å². The van der Waals surface area contributed by atoms with Gasteiger partial charge in [0.1, 0.15) is 6.54 Å². The molecule has 2 amide bonds. The second-order valence-corrected chi connectivity index (χ2v) is 4.93. The molecule has 0 atom stereocenters. The van der Waals surface area contributed by atoms with E-state index >= 15 is 0 Å². The Morgan fingerprint density at radius 3 is 2.44 bits per heavy atom. The van der Waals surface area contributed by atoms with E-state index in [9.17, 15) is 9.59 Å². The molecule has 0 aromatic heterocycles. The van der Waals surface area contributed by atoms with Crippen molar-refractivity contribution in [3.8, 4) is 12.3 Å². The van der Waals surface area contributed by atoms with Crippen molar-refractivity contribution in [2.45, 2.75) is 32.7 Å². The number of hydrogen-bond donors (Lipinski definition) is 1. The van der Waals surface area contributed by atoms with Gasteiger partial charge in [-0.2, -0.15) is 0 Å². The van der Waals surface area contributed by atoms with Crippen LogP contribution >= 0.6 is 0 Å². The van der Waals surface area contributed by atoms with E-state index in [1.165, 1.54) is 4.90 Å². The molecule has 1 rings (SSSR count). The van der Waals surface area contributed by atoms with Gasteiger partial charge in [0.25, 0.3) is 0 Å². The number of amides is 2. The predicted octanol–water partition coefficient (Wildman–Crippen LogP) is 1.25. The van der Waals surface area contributed by atoms with Crippen LogP contribution in [0.25, 0.3) is 0 Å². The van der Waals surface area contributed by atoms with Crippen LogP contribution in [0.1, 0.15) is 26.7 Å². The number of carbonyl (C=O) groups excluding carboxylic acids is 1. The highest BCUT2D eigenvalue weighted by atomic mass is 16.4. The van der Waals surface area contributed by atoms with Crippen LogP contribution < -0.4 is 0 Å². The van der Waals surface area contributed by atoms with Crippen molar-refractivity contribution >= 4 is 12.0 Å². The van der Waals surface area contributed by atoms with Crippen molar-refractivity contribution in [1.29, 1.82) is 0 Å². The molecule has 5 heteroatoms. The molecule has 0 aromatic carbocycles. The minimum Gasteiger partial charge on any atom is -0.480 e. The Hall–Kier alpha value is -1.70. The van der Waals surface area contributed by atoms with E-state index in [0.29, 0.717) is 12.5 Å². The molecule has 1 aliphatic carbocycles. The molecule has 0 aromatic rings. The van der Waals surface area contributed by atoms with Gasteiger partial charge in [0.2, 0.25) is 0 Å². The topological polar surface area (TPSA) is 60.9 Å². The van der Waals surface area contributed by atoms with E-state index in [1.807, 2.05) is 13.8 Å². The Kier molecular flexibility index (Phi) is 5.02. The Bertz CT molecular complexity index is 356. The number of urea groups is 1. The first-order valence-electron chi connectivity index (χ1n) is 6.16. The Labute approximate surface area is 108 Å². The first-order valence-corrected chi connectivity index (χ1v) is 6.16. The van der Waals surface area contributed by atoms with Crippen LogP contribution in [0.15, 0.2) is 0 Å². The first kappa shape index (κ1) is 14.4. The van der Waals surface area contributed by atoms with Gasteiger partial charge in [-0.15, -0.1) is 6.42 Å². The van der Waals surface area contributed by atoms with E-state index in [0.717, 1.165) is 12.8 Å². The maximum atomic E-state index is 12.3. The van der Waals surface area contributed by atoms with Gasteiger partial charge in [-0.25, -0.2) is 4.79 Å². The highest BCUT2D eigenvalue weighted by Crippen LogP contribution is 2.30. The fourth-order valence-electron chi connectivity index (χ4n) is 1.73. The summed E-state index contributed by atoms with van der Waals surface area (Å²) in [7, 11) is 0. The fraction of sp³-hybridized carbons (Fsp3) is 0.692. The molecule has 100 valence electrons. The lowest BCUT2D eigenvalue weighted by Gasteiger charge is -2.31. The highest BCUT2D eigenvalue weighted by molar-refractivity contribution is 5.80. The summed E-state index contributed by atoms with van der Waals surface area (Å²) in [4.78, 5) is 25.9. The van der Waals surface area contributed by atoms with Crippen molar-refractivity contribution in [2.24, 2.45) is 5.92 Å². The van der Waals surface area contributed by atoms with Crippen molar-refractivity contribution in [1.82, 2.24) is 9.80 Å². The molecule has 0 saturated heterocycles. The molecule has 0 heterocycles. The summed E-state index contributed by atoms with van der Waals surface area (Å²) in [6, 6.07) is -0.232. The average Bonchev–Trinajstić information content (AvgIpc) is 3.07. The third-order valence-corrected chi connectivity index (χ3v) is 2.90. The molecular weight excluding hydrogens is 232 g/mol. The van der Waals surface area contributed by atoms with E-state index in [1.54, 1.807) is 4.90 Å². The van der Waals surface area contributed by atoms with Gasteiger partial charge in [-0.3, -0.25) is 4.79 Å². The summed E-state index contributed by atoms with van der Waals surface area (Å²) >= 11 is 0. The van der Waals surface area contributed by atoms with Gasteiger partial charge in [-0.1, -0.05) is 5.92 Å². The van der Waals surface area contributed by atoms with Gasteiger partial charge in [0, 0.05) is 12.6 Å². The monoisotopic (exact) mass is 252 g/mol. The third-order valence-electron chi connectivity index (χ3n) is 2.90. The quantitative estimate of drug-likeness (QED) is 0.724. The molecule has 1 N–H and O–H groups in total. The molecule has 0 aliphatic heterocycles. The highest BCUT2D eigenvalue weighted by Gasteiger charge is 2.30. The molecule has 18 heavy (non-hydrogen) atoms. The third kappa shape index (κ3) is 4.28. The number of carboxylic acids is 1. The van der Waals surface area contributed by atoms with E-state index in [2.05, 4.69) is 5.92 Å². The predicted molar refractivity (Wildman–Crippen MR) is 68.0 cm³/mol. The van der Waals surface area contributed by atoms with Crippen molar-refractivity contribution in [3.05, 3.63) is 0 Å². The van der Waals surface area contributed by atoms with Crippen LogP contribution in [0.2, 0.25) is 0 Å². The SMILES string of the molecule is C#CCN(CC(=O)O)C(=O)N(CC1CC1)C(C)C. The number of hydrogen-bond acceptors (Lipinski definition) is 2. The smallest absolute Gasteiger partial charge is 0.323 e. The maximum absolute atomic E-state index is 12.3. The summed E-state index contributed by atoms with van der Waals surface area (Å²) < 4.78 is 0. The normalized spacial score (nSPS) is 14.1. The second-order valence-electron chi connectivity index (χ2n) is 4.93. The number of carbonyl (C=O) groups is 2.